The molecule has 7 heteroatoms. The smallest absolute Gasteiger partial charge is 0.309 e. The predicted molar refractivity (Wildman–Crippen MR) is 58.5 cm³/mol. The van der Waals surface area contributed by atoms with Gasteiger partial charge in [-0.1, -0.05) is 11.6 Å². The molecule has 1 rings (SSSR count). The molecule has 0 aliphatic rings. The third-order valence-corrected chi connectivity index (χ3v) is 2.31. The van der Waals surface area contributed by atoms with Crippen molar-refractivity contribution in [2.24, 2.45) is 0 Å². The van der Waals surface area contributed by atoms with Crippen molar-refractivity contribution in [1.29, 1.82) is 5.26 Å². The van der Waals surface area contributed by atoms with Gasteiger partial charge in [-0.3, -0.25) is 14.9 Å². The van der Waals surface area contributed by atoms with Crippen LogP contribution in [0.4, 0.5) is 5.69 Å². The molecule has 0 amide bonds. The van der Waals surface area contributed by atoms with Crippen LogP contribution in [0.15, 0.2) is 12.1 Å². The van der Waals surface area contributed by atoms with E-state index in [1.54, 1.807) is 6.07 Å². The van der Waals surface area contributed by atoms with E-state index in [1.807, 2.05) is 0 Å². The molecule has 0 spiro atoms. The van der Waals surface area contributed by atoms with E-state index < -0.39 is 16.6 Å². The Balaban J connectivity index is 3.25. The second-order valence-corrected chi connectivity index (χ2v) is 3.50. The third-order valence-electron chi connectivity index (χ3n) is 2.01. The molecular weight excluding hydrogens is 248 g/mol. The molecule has 6 nitrogen and oxygen atoms in total. The Kier molecular flexibility index (Phi) is 4.01. The summed E-state index contributed by atoms with van der Waals surface area (Å²) < 4.78 is 4.43. The number of benzene rings is 1. The molecule has 1 aromatic rings. The predicted octanol–water partition coefficient (Wildman–Crippen LogP) is 1.84. The third kappa shape index (κ3) is 2.92. The highest BCUT2D eigenvalue weighted by Gasteiger charge is 2.19. The lowest BCUT2D eigenvalue weighted by Gasteiger charge is -2.03. The average molecular weight is 255 g/mol. The Morgan fingerprint density at radius 1 is 1.65 bits per heavy atom. The molecule has 1 aromatic carbocycles. The minimum absolute atomic E-state index is 0.0550. The number of carbonyl (C=O) groups is 1. The van der Waals surface area contributed by atoms with Crippen molar-refractivity contribution in [3.8, 4) is 6.07 Å². The molecule has 88 valence electrons. The van der Waals surface area contributed by atoms with E-state index >= 15 is 0 Å². The summed E-state index contributed by atoms with van der Waals surface area (Å²) in [7, 11) is 1.21. The lowest BCUT2D eigenvalue weighted by molar-refractivity contribution is -0.385. The number of halogens is 1. The Morgan fingerprint density at radius 2 is 2.29 bits per heavy atom. The molecule has 0 fully saturated rings. The first-order chi connectivity index (χ1) is 7.99. The molecule has 0 radical (unpaired) electrons. The fourth-order valence-electron chi connectivity index (χ4n) is 1.24. The van der Waals surface area contributed by atoms with Crippen LogP contribution in [0.1, 0.15) is 11.1 Å². The Bertz CT molecular complexity index is 522. The zero-order valence-corrected chi connectivity index (χ0v) is 9.52. The number of carbonyl (C=O) groups excluding carboxylic acids is 1. The monoisotopic (exact) mass is 254 g/mol. The van der Waals surface area contributed by atoms with Crippen molar-refractivity contribution in [2.45, 2.75) is 6.42 Å². The average Bonchev–Trinajstić information content (AvgIpc) is 2.28. The minimum Gasteiger partial charge on any atom is -0.469 e. The number of nitro groups is 1. The van der Waals surface area contributed by atoms with Gasteiger partial charge in [0.05, 0.1) is 23.5 Å². The molecule has 0 bridgehead atoms. The van der Waals surface area contributed by atoms with Gasteiger partial charge in [-0.05, 0) is 11.6 Å². The largest absolute Gasteiger partial charge is 0.469 e. The highest BCUT2D eigenvalue weighted by atomic mass is 35.5. The standard InChI is InChI=1S/C10H7ClN2O4/c1-17-10(14)4-6-2-8(11)7(5-12)9(3-6)13(15)16/h2-3H,4H2,1H3. The molecule has 0 saturated carbocycles. The van der Waals surface area contributed by atoms with Crippen LogP contribution in [0.2, 0.25) is 5.02 Å². The number of rotatable bonds is 3. The zero-order valence-electron chi connectivity index (χ0n) is 8.77. The van der Waals surface area contributed by atoms with Crippen LogP contribution >= 0.6 is 11.6 Å². The van der Waals surface area contributed by atoms with Gasteiger partial charge in [0.2, 0.25) is 0 Å². The molecule has 0 heterocycles. The second kappa shape index (κ2) is 5.27. The van der Waals surface area contributed by atoms with Gasteiger partial charge in [-0.15, -0.1) is 0 Å². The lowest BCUT2D eigenvalue weighted by atomic mass is 10.1. The van der Waals surface area contributed by atoms with Crippen LogP contribution in [0.3, 0.4) is 0 Å². The van der Waals surface area contributed by atoms with E-state index in [2.05, 4.69) is 4.74 Å². The molecule has 0 atom stereocenters. The van der Waals surface area contributed by atoms with Crippen LogP contribution in [0.5, 0.6) is 0 Å². The maximum Gasteiger partial charge on any atom is 0.309 e. The summed E-state index contributed by atoms with van der Waals surface area (Å²) in [6, 6.07) is 4.13. The summed E-state index contributed by atoms with van der Waals surface area (Å²) in [6.07, 6.45) is -0.136. The van der Waals surface area contributed by atoms with Gasteiger partial charge in [0.1, 0.15) is 11.6 Å². The quantitative estimate of drug-likeness (QED) is 0.466. The molecule has 0 aromatic heterocycles. The first-order valence-electron chi connectivity index (χ1n) is 4.43. The number of hydrogen-bond donors (Lipinski definition) is 0. The molecule has 17 heavy (non-hydrogen) atoms. The minimum atomic E-state index is -0.717. The zero-order chi connectivity index (χ0) is 13.0. The van der Waals surface area contributed by atoms with Crippen LogP contribution < -0.4 is 0 Å². The van der Waals surface area contributed by atoms with Gasteiger partial charge in [0, 0.05) is 6.07 Å². The number of nitriles is 1. The van der Waals surface area contributed by atoms with Crippen LogP contribution in [0, 0.1) is 21.4 Å². The Morgan fingerprint density at radius 3 is 2.76 bits per heavy atom. The van der Waals surface area contributed by atoms with Crippen molar-refractivity contribution in [2.75, 3.05) is 7.11 Å². The van der Waals surface area contributed by atoms with Gasteiger partial charge in [0.15, 0.2) is 0 Å². The summed E-state index contributed by atoms with van der Waals surface area (Å²) >= 11 is 5.73. The van der Waals surface area contributed by atoms with Crippen molar-refractivity contribution in [3.63, 3.8) is 0 Å². The van der Waals surface area contributed by atoms with Gasteiger partial charge < -0.3 is 4.74 Å². The molecule has 0 saturated heterocycles. The van der Waals surface area contributed by atoms with Crippen LogP contribution in [0.25, 0.3) is 0 Å². The molecular formula is C10H7ClN2O4. The van der Waals surface area contributed by atoms with Gasteiger partial charge in [-0.25, -0.2) is 0 Å². The number of esters is 1. The first kappa shape index (κ1) is 12.9. The van der Waals surface area contributed by atoms with Crippen LogP contribution in [-0.2, 0) is 16.0 Å². The van der Waals surface area contributed by atoms with Crippen molar-refractivity contribution >= 4 is 23.3 Å². The maximum absolute atomic E-state index is 11.0. The summed E-state index contributed by atoms with van der Waals surface area (Å²) in [4.78, 5) is 21.0. The first-order valence-corrected chi connectivity index (χ1v) is 4.81. The van der Waals surface area contributed by atoms with Crippen molar-refractivity contribution < 1.29 is 14.5 Å². The summed E-state index contributed by atoms with van der Waals surface area (Å²) in [6.45, 7) is 0. The van der Waals surface area contributed by atoms with Crippen molar-refractivity contribution in [1.82, 2.24) is 0 Å². The molecule has 0 unspecified atom stereocenters. The molecule has 0 N–H and O–H groups in total. The lowest BCUT2D eigenvalue weighted by Crippen LogP contribution is -2.05. The van der Waals surface area contributed by atoms with E-state index in [0.29, 0.717) is 5.56 Å². The SMILES string of the molecule is COC(=O)Cc1cc(Cl)c(C#N)c([N+](=O)[O-])c1. The van der Waals surface area contributed by atoms with Gasteiger partial charge in [0.25, 0.3) is 5.69 Å². The normalized spacial score (nSPS) is 9.47. The fourth-order valence-corrected chi connectivity index (χ4v) is 1.52. The topological polar surface area (TPSA) is 93.2 Å². The fraction of sp³-hybridized carbons (Fsp3) is 0.200. The second-order valence-electron chi connectivity index (χ2n) is 3.09. The maximum atomic E-state index is 11.0. The van der Waals surface area contributed by atoms with Gasteiger partial charge in [-0.2, -0.15) is 5.26 Å². The van der Waals surface area contributed by atoms with Crippen LogP contribution in [-0.4, -0.2) is 18.0 Å². The number of methoxy groups -OCH3 is 1. The number of ether oxygens (including phenoxy) is 1. The van der Waals surface area contributed by atoms with E-state index in [9.17, 15) is 14.9 Å². The number of nitrogens with zero attached hydrogens (tertiary/aromatic N) is 2. The van der Waals surface area contributed by atoms with E-state index in [0.717, 1.165) is 6.07 Å². The number of hydrogen-bond acceptors (Lipinski definition) is 5. The summed E-state index contributed by atoms with van der Waals surface area (Å²) in [5.74, 6) is -0.542. The number of nitro benzene ring substituents is 1. The van der Waals surface area contributed by atoms with Crippen molar-refractivity contribution in [3.05, 3.63) is 38.4 Å². The molecule has 0 aliphatic carbocycles. The Labute approximate surface area is 102 Å². The highest BCUT2D eigenvalue weighted by Crippen LogP contribution is 2.27. The Hall–Kier alpha value is -2.13. The van der Waals surface area contributed by atoms with E-state index in [4.69, 9.17) is 16.9 Å². The van der Waals surface area contributed by atoms with Gasteiger partial charge >= 0.3 is 5.97 Å². The highest BCUT2D eigenvalue weighted by molar-refractivity contribution is 6.32. The summed E-state index contributed by atoms with van der Waals surface area (Å²) in [5.41, 5.74) is -0.309. The summed E-state index contributed by atoms with van der Waals surface area (Å²) in [5, 5.41) is 19.4. The van der Waals surface area contributed by atoms with E-state index in [-0.39, 0.29) is 17.0 Å². The molecule has 0 aliphatic heterocycles. The van der Waals surface area contributed by atoms with E-state index in [1.165, 1.54) is 13.2 Å².